The molecule has 1 radical (unpaired) electrons. The van der Waals surface area contributed by atoms with Gasteiger partial charge in [0.05, 0.1) is 0 Å². The van der Waals surface area contributed by atoms with E-state index in [1.807, 2.05) is 0 Å². The normalized spacial score (nSPS) is 9.26. The van der Waals surface area contributed by atoms with E-state index < -0.39 is 7.92 Å². The van der Waals surface area contributed by atoms with Crippen LogP contribution in [0.2, 0.25) is 0 Å². The molecule has 0 aromatic heterocycles. The second kappa shape index (κ2) is 10.7. The van der Waals surface area contributed by atoms with E-state index in [0.29, 0.717) is 0 Å². The van der Waals surface area contributed by atoms with Gasteiger partial charge in [0.25, 0.3) is 0 Å². The summed E-state index contributed by atoms with van der Waals surface area (Å²) in [6.07, 6.45) is 0. The summed E-state index contributed by atoms with van der Waals surface area (Å²) in [6, 6.07) is 32.3. The zero-order valence-corrected chi connectivity index (χ0v) is 14.2. The van der Waals surface area contributed by atoms with Crippen LogP contribution in [-0.4, -0.2) is 5.21 Å². The molecule has 23 heavy (non-hydrogen) atoms. The first-order chi connectivity index (χ1) is 10.9. The van der Waals surface area contributed by atoms with Gasteiger partial charge >= 0.3 is 0 Å². The minimum absolute atomic E-state index is 0. The standard InChI is InChI=1S/C18H15P.Co.HNO2/c1-4-10-16(11-5-1)19(17-12-6-2-7-13-17)18-14-8-3-9-15-18;;2-1-3/h1-15H;;(H,2,3). The molecule has 0 heterocycles. The average molecular weight is 368 g/mol. The molecule has 119 valence electrons. The minimum Gasteiger partial charge on any atom is -0.379 e. The summed E-state index contributed by atoms with van der Waals surface area (Å²) >= 11 is 0. The van der Waals surface area contributed by atoms with Crippen LogP contribution >= 0.6 is 7.92 Å². The predicted molar refractivity (Wildman–Crippen MR) is 92.7 cm³/mol. The van der Waals surface area contributed by atoms with Gasteiger partial charge in [0, 0.05) is 16.8 Å². The summed E-state index contributed by atoms with van der Waals surface area (Å²) in [5, 5.41) is 12.1. The summed E-state index contributed by atoms with van der Waals surface area (Å²) in [5.74, 6) is 0. The fraction of sp³-hybridized carbons (Fsp3) is 0. The second-order valence-electron chi connectivity index (χ2n) is 4.42. The maximum atomic E-state index is 8.11. The molecule has 0 aliphatic heterocycles. The Hall–Kier alpha value is -2.00. The van der Waals surface area contributed by atoms with Gasteiger partial charge in [-0.2, -0.15) is 0 Å². The van der Waals surface area contributed by atoms with Crippen LogP contribution < -0.4 is 15.9 Å². The molecule has 3 nitrogen and oxygen atoms in total. The number of benzene rings is 3. The minimum atomic E-state index is -0.446. The van der Waals surface area contributed by atoms with E-state index in [2.05, 4.69) is 91.0 Å². The largest absolute Gasteiger partial charge is 0.379 e. The smallest absolute Gasteiger partial charge is 0.152 e. The molecular weight excluding hydrogens is 352 g/mol. The van der Waals surface area contributed by atoms with Crippen molar-refractivity contribution in [2.75, 3.05) is 0 Å². The first-order valence-electron chi connectivity index (χ1n) is 6.79. The summed E-state index contributed by atoms with van der Waals surface area (Å²) in [6.45, 7) is 0. The van der Waals surface area contributed by atoms with E-state index in [9.17, 15) is 0 Å². The molecule has 0 aliphatic carbocycles. The zero-order chi connectivity index (χ0) is 15.6. The van der Waals surface area contributed by atoms with Crippen LogP contribution in [0.5, 0.6) is 0 Å². The predicted octanol–water partition coefficient (Wildman–Crippen LogP) is 3.58. The summed E-state index contributed by atoms with van der Waals surface area (Å²) in [7, 11) is -0.446. The van der Waals surface area contributed by atoms with Gasteiger partial charge in [-0.3, -0.25) is 0 Å². The van der Waals surface area contributed by atoms with Crippen molar-refractivity contribution in [3.8, 4) is 0 Å². The molecule has 0 saturated carbocycles. The SMILES string of the molecule is O=NO.[Co].c1ccc(P(c2ccccc2)c2ccccc2)cc1. The maximum Gasteiger partial charge on any atom is 0.152 e. The third-order valence-electron chi connectivity index (χ3n) is 3.04. The fourth-order valence-corrected chi connectivity index (χ4v) is 4.48. The molecule has 3 aromatic rings. The van der Waals surface area contributed by atoms with Crippen molar-refractivity contribution in [3.63, 3.8) is 0 Å². The van der Waals surface area contributed by atoms with Crippen molar-refractivity contribution in [2.24, 2.45) is 5.34 Å². The molecule has 0 unspecified atom stereocenters. The molecule has 0 atom stereocenters. The van der Waals surface area contributed by atoms with Gasteiger partial charge in [-0.05, 0) is 23.8 Å². The molecule has 0 fully saturated rings. The number of rotatable bonds is 3. The zero-order valence-electron chi connectivity index (χ0n) is 12.2. The summed E-state index contributed by atoms with van der Waals surface area (Å²) in [5.41, 5.74) is 0. The Bertz CT molecular complexity index is 587. The molecule has 0 aliphatic rings. The number of hydrogen-bond donors (Lipinski definition) is 1. The van der Waals surface area contributed by atoms with E-state index in [0.717, 1.165) is 0 Å². The molecular formula is C18H16CoNO2P. The average Bonchev–Trinajstić information content (AvgIpc) is 2.59. The van der Waals surface area contributed by atoms with Gasteiger partial charge in [0.15, 0.2) is 5.34 Å². The molecule has 5 heteroatoms. The fourth-order valence-electron chi connectivity index (χ4n) is 2.18. The van der Waals surface area contributed by atoms with E-state index in [-0.39, 0.29) is 16.8 Å². The molecule has 0 bridgehead atoms. The van der Waals surface area contributed by atoms with Gasteiger partial charge in [-0.25, -0.2) is 0 Å². The second-order valence-corrected chi connectivity index (χ2v) is 6.64. The summed E-state index contributed by atoms with van der Waals surface area (Å²) in [4.78, 5) is 8.11. The van der Waals surface area contributed by atoms with Crippen LogP contribution in [0, 0.1) is 4.91 Å². The Morgan fingerprint density at radius 1 is 0.609 bits per heavy atom. The number of nitrogens with zero attached hydrogens (tertiary/aromatic N) is 1. The van der Waals surface area contributed by atoms with E-state index in [4.69, 9.17) is 10.1 Å². The Labute approximate surface area is 147 Å². The van der Waals surface area contributed by atoms with Crippen molar-refractivity contribution in [3.05, 3.63) is 95.9 Å². The van der Waals surface area contributed by atoms with Crippen LogP contribution in [-0.2, 0) is 16.8 Å². The monoisotopic (exact) mass is 368 g/mol. The van der Waals surface area contributed by atoms with Crippen molar-refractivity contribution >= 4 is 23.8 Å². The van der Waals surface area contributed by atoms with Crippen LogP contribution in [0.25, 0.3) is 0 Å². The van der Waals surface area contributed by atoms with Crippen molar-refractivity contribution in [2.45, 2.75) is 0 Å². The van der Waals surface area contributed by atoms with Gasteiger partial charge in [0.2, 0.25) is 0 Å². The maximum absolute atomic E-state index is 8.11. The van der Waals surface area contributed by atoms with Crippen LogP contribution in [0.15, 0.2) is 96.3 Å². The molecule has 0 amide bonds. The quantitative estimate of drug-likeness (QED) is 0.436. The first-order valence-corrected chi connectivity index (χ1v) is 8.13. The molecule has 3 rings (SSSR count). The molecule has 0 spiro atoms. The van der Waals surface area contributed by atoms with Crippen molar-refractivity contribution < 1.29 is 22.0 Å². The third-order valence-corrected chi connectivity index (χ3v) is 5.49. The van der Waals surface area contributed by atoms with Crippen LogP contribution in [0.1, 0.15) is 0 Å². The van der Waals surface area contributed by atoms with Crippen LogP contribution in [0.3, 0.4) is 0 Å². The van der Waals surface area contributed by atoms with E-state index in [1.165, 1.54) is 21.3 Å². The topological polar surface area (TPSA) is 49.7 Å². The van der Waals surface area contributed by atoms with Gasteiger partial charge in [0.1, 0.15) is 0 Å². The van der Waals surface area contributed by atoms with E-state index >= 15 is 0 Å². The summed E-state index contributed by atoms with van der Waals surface area (Å²) < 4.78 is 0. The first kappa shape index (κ1) is 19.0. The Morgan fingerprint density at radius 2 is 0.826 bits per heavy atom. The van der Waals surface area contributed by atoms with Gasteiger partial charge in [-0.15, -0.1) is 4.91 Å². The molecule has 0 saturated heterocycles. The van der Waals surface area contributed by atoms with Gasteiger partial charge in [-0.1, -0.05) is 91.0 Å². The van der Waals surface area contributed by atoms with Crippen LogP contribution in [0.4, 0.5) is 0 Å². The van der Waals surface area contributed by atoms with Crippen molar-refractivity contribution in [1.82, 2.24) is 0 Å². The Kier molecular flexibility index (Phi) is 8.84. The number of hydrogen-bond acceptors (Lipinski definition) is 2. The molecule has 1 N–H and O–H groups in total. The molecule has 3 aromatic carbocycles. The Morgan fingerprint density at radius 3 is 1.04 bits per heavy atom. The van der Waals surface area contributed by atoms with Gasteiger partial charge < -0.3 is 5.21 Å². The third kappa shape index (κ3) is 5.60. The Balaban J connectivity index is 0.000000615. The van der Waals surface area contributed by atoms with Crippen molar-refractivity contribution in [1.29, 1.82) is 0 Å². The van der Waals surface area contributed by atoms with E-state index in [1.54, 1.807) is 0 Å².